The number of likely N-dealkylation sites (tertiary alicyclic amines) is 1. The van der Waals surface area contributed by atoms with Gasteiger partial charge in [0.15, 0.2) is 11.5 Å². The summed E-state index contributed by atoms with van der Waals surface area (Å²) in [5.41, 5.74) is 1.75. The van der Waals surface area contributed by atoms with E-state index in [-0.39, 0.29) is 18.7 Å². The van der Waals surface area contributed by atoms with Crippen LogP contribution in [0, 0.1) is 0 Å². The Labute approximate surface area is 140 Å². The molecule has 0 aromatic heterocycles. The summed E-state index contributed by atoms with van der Waals surface area (Å²) < 4.78 is 16.0. The molecule has 0 bridgehead atoms. The Morgan fingerprint density at radius 2 is 2.04 bits per heavy atom. The number of carbonyl (C=O) groups excluding carboxylic acids is 1. The van der Waals surface area contributed by atoms with E-state index in [2.05, 4.69) is 6.07 Å². The Morgan fingerprint density at radius 1 is 1.17 bits per heavy atom. The molecule has 5 heteroatoms. The molecule has 1 fully saturated rings. The van der Waals surface area contributed by atoms with Crippen LogP contribution in [0.1, 0.15) is 34.8 Å². The van der Waals surface area contributed by atoms with Crippen LogP contribution in [0.15, 0.2) is 42.5 Å². The van der Waals surface area contributed by atoms with Crippen LogP contribution in [0.5, 0.6) is 17.2 Å². The molecule has 24 heavy (non-hydrogen) atoms. The van der Waals surface area contributed by atoms with Gasteiger partial charge in [0.1, 0.15) is 5.75 Å². The zero-order valence-corrected chi connectivity index (χ0v) is 13.5. The van der Waals surface area contributed by atoms with E-state index >= 15 is 0 Å². The van der Waals surface area contributed by atoms with Crippen molar-refractivity contribution in [1.82, 2.24) is 4.90 Å². The Morgan fingerprint density at radius 3 is 2.92 bits per heavy atom. The molecule has 0 aliphatic carbocycles. The monoisotopic (exact) mass is 325 g/mol. The normalized spacial score (nSPS) is 18.7. The van der Waals surface area contributed by atoms with Crippen molar-refractivity contribution in [3.8, 4) is 17.2 Å². The van der Waals surface area contributed by atoms with Gasteiger partial charge in [-0.15, -0.1) is 0 Å². The van der Waals surface area contributed by atoms with Gasteiger partial charge in [-0.1, -0.05) is 12.1 Å². The molecular formula is C19H19NO4. The number of hydrogen-bond donors (Lipinski definition) is 0. The molecular weight excluding hydrogens is 306 g/mol. The van der Waals surface area contributed by atoms with Crippen LogP contribution in [-0.4, -0.2) is 31.3 Å². The molecule has 2 aliphatic heterocycles. The summed E-state index contributed by atoms with van der Waals surface area (Å²) >= 11 is 0. The lowest BCUT2D eigenvalue weighted by Crippen LogP contribution is -2.30. The molecule has 0 radical (unpaired) electrons. The maximum atomic E-state index is 13.0. The highest BCUT2D eigenvalue weighted by Gasteiger charge is 2.31. The number of carbonyl (C=O) groups is 1. The molecule has 2 heterocycles. The second-order valence-electron chi connectivity index (χ2n) is 6.00. The number of rotatable bonds is 3. The zero-order valence-electron chi connectivity index (χ0n) is 13.5. The fraction of sp³-hybridized carbons (Fsp3) is 0.316. The summed E-state index contributed by atoms with van der Waals surface area (Å²) in [6.45, 7) is 0.971. The summed E-state index contributed by atoms with van der Waals surface area (Å²) in [6, 6.07) is 13.4. The first-order chi connectivity index (χ1) is 11.8. The molecule has 2 aromatic rings. The Bertz CT molecular complexity index is 774. The van der Waals surface area contributed by atoms with Gasteiger partial charge in [-0.25, -0.2) is 0 Å². The van der Waals surface area contributed by atoms with Crippen molar-refractivity contribution in [2.75, 3.05) is 20.4 Å². The van der Waals surface area contributed by atoms with Gasteiger partial charge in [-0.2, -0.15) is 0 Å². The second-order valence-corrected chi connectivity index (χ2v) is 6.00. The number of fused-ring (bicyclic) bond motifs is 1. The van der Waals surface area contributed by atoms with Gasteiger partial charge in [-0.05, 0) is 48.7 Å². The number of nitrogens with zero attached hydrogens (tertiary/aromatic N) is 1. The van der Waals surface area contributed by atoms with Crippen molar-refractivity contribution in [3.63, 3.8) is 0 Å². The molecule has 4 rings (SSSR count). The van der Waals surface area contributed by atoms with Crippen LogP contribution in [-0.2, 0) is 0 Å². The van der Waals surface area contributed by atoms with Gasteiger partial charge >= 0.3 is 0 Å². The quantitative estimate of drug-likeness (QED) is 0.868. The van der Waals surface area contributed by atoms with Gasteiger partial charge in [0.25, 0.3) is 5.91 Å². The predicted molar refractivity (Wildman–Crippen MR) is 88.6 cm³/mol. The topological polar surface area (TPSA) is 48.0 Å². The van der Waals surface area contributed by atoms with Crippen LogP contribution >= 0.6 is 0 Å². The molecule has 2 aromatic carbocycles. The minimum Gasteiger partial charge on any atom is -0.497 e. The molecule has 0 N–H and O–H groups in total. The number of ether oxygens (including phenoxy) is 3. The standard InChI is InChI=1S/C19H19NO4/c1-22-15-5-2-4-13(10-15)16-6-3-9-20(16)19(21)14-7-8-17-18(11-14)24-12-23-17/h2,4-5,7-8,10-11,16H,3,6,9,12H2,1H3. The Hall–Kier alpha value is -2.69. The molecule has 1 amide bonds. The minimum atomic E-state index is 0.0265. The maximum Gasteiger partial charge on any atom is 0.254 e. The van der Waals surface area contributed by atoms with Crippen molar-refractivity contribution in [1.29, 1.82) is 0 Å². The van der Waals surface area contributed by atoms with E-state index in [0.29, 0.717) is 17.1 Å². The van der Waals surface area contributed by atoms with Gasteiger partial charge in [0.05, 0.1) is 13.2 Å². The molecule has 2 aliphatic rings. The molecule has 0 saturated carbocycles. The summed E-state index contributed by atoms with van der Waals surface area (Å²) in [6.07, 6.45) is 1.96. The highest BCUT2D eigenvalue weighted by Crippen LogP contribution is 2.37. The highest BCUT2D eigenvalue weighted by atomic mass is 16.7. The van der Waals surface area contributed by atoms with E-state index in [1.54, 1.807) is 25.3 Å². The van der Waals surface area contributed by atoms with Crippen LogP contribution in [0.25, 0.3) is 0 Å². The first-order valence-electron chi connectivity index (χ1n) is 8.11. The van der Waals surface area contributed by atoms with Crippen LogP contribution in [0.4, 0.5) is 0 Å². The average molecular weight is 325 g/mol. The lowest BCUT2D eigenvalue weighted by Gasteiger charge is -2.25. The van der Waals surface area contributed by atoms with Gasteiger partial charge in [-0.3, -0.25) is 4.79 Å². The lowest BCUT2D eigenvalue weighted by molar-refractivity contribution is 0.0735. The molecule has 1 saturated heterocycles. The Kier molecular flexibility index (Phi) is 3.76. The van der Waals surface area contributed by atoms with Crippen LogP contribution in [0.3, 0.4) is 0 Å². The second kappa shape index (κ2) is 6.07. The van der Waals surface area contributed by atoms with E-state index in [9.17, 15) is 4.79 Å². The number of benzene rings is 2. The number of methoxy groups -OCH3 is 1. The SMILES string of the molecule is COc1cccc(C2CCCN2C(=O)c2ccc3c(c2)OCO3)c1. The van der Waals surface area contributed by atoms with Crippen molar-refractivity contribution in [2.45, 2.75) is 18.9 Å². The molecule has 124 valence electrons. The third-order valence-corrected chi connectivity index (χ3v) is 4.61. The van der Waals surface area contributed by atoms with Crippen molar-refractivity contribution < 1.29 is 19.0 Å². The van der Waals surface area contributed by atoms with E-state index in [4.69, 9.17) is 14.2 Å². The number of hydrogen-bond acceptors (Lipinski definition) is 4. The fourth-order valence-corrected chi connectivity index (χ4v) is 3.40. The molecule has 5 nitrogen and oxygen atoms in total. The minimum absolute atomic E-state index is 0.0265. The van der Waals surface area contributed by atoms with Crippen LogP contribution < -0.4 is 14.2 Å². The maximum absolute atomic E-state index is 13.0. The van der Waals surface area contributed by atoms with E-state index in [0.717, 1.165) is 30.7 Å². The summed E-state index contributed by atoms with van der Waals surface area (Å²) in [5.74, 6) is 2.17. The predicted octanol–water partition coefficient (Wildman–Crippen LogP) is 3.40. The first kappa shape index (κ1) is 14.9. The number of amides is 1. The molecule has 0 spiro atoms. The third kappa shape index (κ3) is 2.56. The largest absolute Gasteiger partial charge is 0.497 e. The summed E-state index contributed by atoms with van der Waals surface area (Å²) in [5, 5.41) is 0. The van der Waals surface area contributed by atoms with Crippen molar-refractivity contribution in [3.05, 3.63) is 53.6 Å². The summed E-state index contributed by atoms with van der Waals surface area (Å²) in [4.78, 5) is 14.9. The highest BCUT2D eigenvalue weighted by molar-refractivity contribution is 5.95. The third-order valence-electron chi connectivity index (χ3n) is 4.61. The first-order valence-corrected chi connectivity index (χ1v) is 8.11. The van der Waals surface area contributed by atoms with Crippen LogP contribution in [0.2, 0.25) is 0 Å². The molecule has 1 unspecified atom stereocenters. The summed E-state index contributed by atoms with van der Waals surface area (Å²) in [7, 11) is 1.66. The van der Waals surface area contributed by atoms with E-state index < -0.39 is 0 Å². The fourth-order valence-electron chi connectivity index (χ4n) is 3.40. The van der Waals surface area contributed by atoms with Crippen molar-refractivity contribution >= 4 is 5.91 Å². The Balaban J connectivity index is 1.61. The zero-order chi connectivity index (χ0) is 16.5. The average Bonchev–Trinajstić information content (AvgIpc) is 3.29. The molecule has 1 atom stereocenters. The van der Waals surface area contributed by atoms with Gasteiger partial charge in [0.2, 0.25) is 6.79 Å². The van der Waals surface area contributed by atoms with Crippen molar-refractivity contribution in [2.24, 2.45) is 0 Å². The van der Waals surface area contributed by atoms with Gasteiger partial charge in [0, 0.05) is 12.1 Å². The van der Waals surface area contributed by atoms with Gasteiger partial charge < -0.3 is 19.1 Å². The van der Waals surface area contributed by atoms with E-state index in [1.807, 2.05) is 23.1 Å². The van der Waals surface area contributed by atoms with E-state index in [1.165, 1.54) is 0 Å². The lowest BCUT2D eigenvalue weighted by atomic mass is 10.0. The smallest absolute Gasteiger partial charge is 0.254 e.